The van der Waals surface area contributed by atoms with Crippen molar-refractivity contribution >= 4 is 5.65 Å². The second-order valence-corrected chi connectivity index (χ2v) is 4.10. The molecule has 0 aliphatic rings. The number of aryl methyl sites for hydroxylation is 1. The molecule has 0 fully saturated rings. The number of nitrogens with zero attached hydrogens (tertiary/aromatic N) is 3. The number of hydrogen-bond acceptors (Lipinski definition) is 2. The molecule has 0 bridgehead atoms. The number of benzene rings is 1. The van der Waals surface area contributed by atoms with Crippen LogP contribution >= 0.6 is 0 Å². The van der Waals surface area contributed by atoms with E-state index in [0.717, 1.165) is 23.5 Å². The molecule has 2 aromatic heterocycles. The van der Waals surface area contributed by atoms with Gasteiger partial charge in [-0.05, 0) is 18.2 Å². The maximum Gasteiger partial charge on any atom is 0.160 e. The molecule has 0 unspecified atom stereocenters. The minimum atomic E-state index is -0.219. The highest BCUT2D eigenvalue weighted by Gasteiger charge is 2.07. The van der Waals surface area contributed by atoms with E-state index in [9.17, 15) is 4.39 Å². The first-order chi connectivity index (χ1) is 8.79. The number of hydrogen-bond donors (Lipinski definition) is 0. The lowest BCUT2D eigenvalue weighted by Crippen LogP contribution is -1.93. The van der Waals surface area contributed by atoms with E-state index in [1.54, 1.807) is 12.1 Å². The summed E-state index contributed by atoms with van der Waals surface area (Å²) in [4.78, 5) is 0. The molecule has 0 aliphatic carbocycles. The molecule has 0 atom stereocenters. The Morgan fingerprint density at radius 1 is 1.11 bits per heavy atom. The zero-order chi connectivity index (χ0) is 12.5. The van der Waals surface area contributed by atoms with Crippen LogP contribution in [-0.4, -0.2) is 14.6 Å². The number of fused-ring (bicyclic) bond motifs is 1. The standard InChI is InChI=1S/C14H12FN3/c1-2-13-16-17-14-8-7-10(9-18(13)14)11-5-3-4-6-12(11)15/h3-9H,2H2,1H3. The molecule has 3 rings (SSSR count). The fourth-order valence-corrected chi connectivity index (χ4v) is 2.03. The lowest BCUT2D eigenvalue weighted by Gasteiger charge is -2.04. The van der Waals surface area contributed by atoms with Gasteiger partial charge in [-0.25, -0.2) is 4.39 Å². The van der Waals surface area contributed by atoms with Gasteiger partial charge in [-0.1, -0.05) is 25.1 Å². The number of halogens is 1. The predicted molar refractivity (Wildman–Crippen MR) is 67.8 cm³/mol. The van der Waals surface area contributed by atoms with Crippen LogP contribution in [-0.2, 0) is 6.42 Å². The van der Waals surface area contributed by atoms with E-state index in [-0.39, 0.29) is 5.82 Å². The van der Waals surface area contributed by atoms with Crippen LogP contribution in [0.4, 0.5) is 4.39 Å². The van der Waals surface area contributed by atoms with Gasteiger partial charge in [0.15, 0.2) is 5.65 Å². The van der Waals surface area contributed by atoms with E-state index in [1.807, 2.05) is 35.7 Å². The molecule has 2 heterocycles. The molecule has 0 saturated carbocycles. The van der Waals surface area contributed by atoms with Crippen LogP contribution in [0, 0.1) is 5.82 Å². The van der Waals surface area contributed by atoms with Crippen LogP contribution in [0.5, 0.6) is 0 Å². The van der Waals surface area contributed by atoms with E-state index in [1.165, 1.54) is 6.07 Å². The van der Waals surface area contributed by atoms with Gasteiger partial charge in [-0.15, -0.1) is 10.2 Å². The van der Waals surface area contributed by atoms with E-state index in [2.05, 4.69) is 10.2 Å². The van der Waals surface area contributed by atoms with Gasteiger partial charge in [0.1, 0.15) is 11.6 Å². The van der Waals surface area contributed by atoms with Crippen LogP contribution in [0.25, 0.3) is 16.8 Å². The molecule has 18 heavy (non-hydrogen) atoms. The van der Waals surface area contributed by atoms with Gasteiger partial charge in [-0.3, -0.25) is 4.40 Å². The van der Waals surface area contributed by atoms with Crippen LogP contribution in [0.1, 0.15) is 12.7 Å². The third-order valence-corrected chi connectivity index (χ3v) is 2.97. The largest absolute Gasteiger partial charge is 0.286 e. The second-order valence-electron chi connectivity index (χ2n) is 4.10. The monoisotopic (exact) mass is 241 g/mol. The molecule has 0 spiro atoms. The molecule has 90 valence electrons. The highest BCUT2D eigenvalue weighted by molar-refractivity contribution is 5.65. The van der Waals surface area contributed by atoms with Crippen molar-refractivity contribution in [3.05, 3.63) is 54.2 Å². The molecule has 0 aliphatic heterocycles. The van der Waals surface area contributed by atoms with Gasteiger partial charge in [0.05, 0.1) is 0 Å². The van der Waals surface area contributed by atoms with Crippen molar-refractivity contribution in [3.63, 3.8) is 0 Å². The smallest absolute Gasteiger partial charge is 0.160 e. The Morgan fingerprint density at radius 2 is 1.94 bits per heavy atom. The van der Waals surface area contributed by atoms with Crippen LogP contribution in [0.3, 0.4) is 0 Å². The molecule has 0 amide bonds. The van der Waals surface area contributed by atoms with E-state index < -0.39 is 0 Å². The summed E-state index contributed by atoms with van der Waals surface area (Å²) in [5.74, 6) is 0.658. The quantitative estimate of drug-likeness (QED) is 0.690. The Balaban J connectivity index is 2.21. The molecule has 3 nitrogen and oxygen atoms in total. The van der Waals surface area contributed by atoms with Crippen molar-refractivity contribution in [1.29, 1.82) is 0 Å². The van der Waals surface area contributed by atoms with Gasteiger partial charge in [0, 0.05) is 23.7 Å². The fraction of sp³-hybridized carbons (Fsp3) is 0.143. The average molecular weight is 241 g/mol. The summed E-state index contributed by atoms with van der Waals surface area (Å²) in [5.41, 5.74) is 2.21. The first kappa shape index (κ1) is 10.9. The van der Waals surface area contributed by atoms with E-state index >= 15 is 0 Å². The number of rotatable bonds is 2. The Morgan fingerprint density at radius 3 is 2.72 bits per heavy atom. The maximum atomic E-state index is 13.7. The predicted octanol–water partition coefficient (Wildman–Crippen LogP) is 3.10. The summed E-state index contributed by atoms with van der Waals surface area (Å²) in [6, 6.07) is 10.5. The zero-order valence-corrected chi connectivity index (χ0v) is 9.97. The van der Waals surface area contributed by atoms with Gasteiger partial charge in [0.2, 0.25) is 0 Å². The van der Waals surface area contributed by atoms with Crippen molar-refractivity contribution in [2.45, 2.75) is 13.3 Å². The lowest BCUT2D eigenvalue weighted by molar-refractivity contribution is 0.631. The summed E-state index contributed by atoms with van der Waals surface area (Å²) in [6.45, 7) is 2.02. The Kier molecular flexibility index (Phi) is 2.55. The molecule has 4 heteroatoms. The van der Waals surface area contributed by atoms with Gasteiger partial charge < -0.3 is 0 Å². The highest BCUT2D eigenvalue weighted by atomic mass is 19.1. The molecule has 3 aromatic rings. The molecule has 0 N–H and O–H groups in total. The van der Waals surface area contributed by atoms with E-state index in [4.69, 9.17) is 0 Å². The summed E-state index contributed by atoms with van der Waals surface area (Å²) < 4.78 is 15.6. The third kappa shape index (κ3) is 1.66. The first-order valence-corrected chi connectivity index (χ1v) is 5.88. The van der Waals surface area contributed by atoms with E-state index in [0.29, 0.717) is 5.56 Å². The first-order valence-electron chi connectivity index (χ1n) is 5.88. The Hall–Kier alpha value is -2.23. The van der Waals surface area contributed by atoms with Crippen molar-refractivity contribution in [1.82, 2.24) is 14.6 Å². The molecule has 0 radical (unpaired) electrons. The van der Waals surface area contributed by atoms with Crippen molar-refractivity contribution in [3.8, 4) is 11.1 Å². The van der Waals surface area contributed by atoms with Crippen molar-refractivity contribution < 1.29 is 4.39 Å². The topological polar surface area (TPSA) is 30.2 Å². The minimum Gasteiger partial charge on any atom is -0.286 e. The molecule has 0 saturated heterocycles. The van der Waals surface area contributed by atoms with Crippen molar-refractivity contribution in [2.24, 2.45) is 0 Å². The fourth-order valence-electron chi connectivity index (χ4n) is 2.03. The van der Waals surface area contributed by atoms with Crippen LogP contribution in [0.15, 0.2) is 42.6 Å². The van der Waals surface area contributed by atoms with Crippen LogP contribution < -0.4 is 0 Å². The summed E-state index contributed by atoms with van der Waals surface area (Å²) in [6.07, 6.45) is 2.68. The molecule has 1 aromatic carbocycles. The maximum absolute atomic E-state index is 13.7. The summed E-state index contributed by atoms with van der Waals surface area (Å²) in [5, 5.41) is 8.16. The van der Waals surface area contributed by atoms with Gasteiger partial charge >= 0.3 is 0 Å². The highest BCUT2D eigenvalue weighted by Crippen LogP contribution is 2.23. The average Bonchev–Trinajstić information content (AvgIpc) is 2.81. The molecular weight excluding hydrogens is 229 g/mol. The lowest BCUT2D eigenvalue weighted by atomic mass is 10.1. The SMILES string of the molecule is CCc1nnc2ccc(-c3ccccc3F)cn12. The minimum absolute atomic E-state index is 0.219. The number of aromatic nitrogens is 3. The molecular formula is C14H12FN3. The normalized spacial score (nSPS) is 11.0. The van der Waals surface area contributed by atoms with Gasteiger partial charge in [0.25, 0.3) is 0 Å². The summed E-state index contributed by atoms with van der Waals surface area (Å²) in [7, 11) is 0. The van der Waals surface area contributed by atoms with Crippen LogP contribution in [0.2, 0.25) is 0 Å². The third-order valence-electron chi connectivity index (χ3n) is 2.97. The number of pyridine rings is 1. The Bertz CT molecular complexity index is 703. The Labute approximate surface area is 104 Å². The van der Waals surface area contributed by atoms with Gasteiger partial charge in [-0.2, -0.15) is 0 Å². The summed E-state index contributed by atoms with van der Waals surface area (Å²) >= 11 is 0. The second kappa shape index (κ2) is 4.22. The zero-order valence-electron chi connectivity index (χ0n) is 9.97. The van der Waals surface area contributed by atoms with Crippen molar-refractivity contribution in [2.75, 3.05) is 0 Å².